The van der Waals surface area contributed by atoms with E-state index < -0.39 is 0 Å². The van der Waals surface area contributed by atoms with Gasteiger partial charge in [0.2, 0.25) is 0 Å². The molecule has 4 heteroatoms. The first kappa shape index (κ1) is 14.9. The van der Waals surface area contributed by atoms with Crippen molar-refractivity contribution in [3.05, 3.63) is 30.0 Å². The number of nitrogens with one attached hydrogen (secondary N) is 1. The van der Waals surface area contributed by atoms with Crippen LogP contribution in [0.25, 0.3) is 10.9 Å². The van der Waals surface area contributed by atoms with E-state index >= 15 is 0 Å². The summed E-state index contributed by atoms with van der Waals surface area (Å²) in [7, 11) is 1.68. The van der Waals surface area contributed by atoms with Crippen LogP contribution in [-0.4, -0.2) is 31.3 Å². The van der Waals surface area contributed by atoms with Gasteiger partial charge in [-0.3, -0.25) is 0 Å². The molecule has 1 aliphatic rings. The number of methoxy groups -OCH3 is 1. The summed E-state index contributed by atoms with van der Waals surface area (Å²) in [6.07, 6.45) is 5.98. The molecule has 20 heavy (non-hydrogen) atoms. The summed E-state index contributed by atoms with van der Waals surface area (Å²) < 4.78 is 10.3. The van der Waals surface area contributed by atoms with Gasteiger partial charge in [0, 0.05) is 23.7 Å². The van der Waals surface area contributed by atoms with Crippen LogP contribution in [0.2, 0.25) is 0 Å². The minimum Gasteiger partial charge on any atom is -0.497 e. The zero-order valence-corrected chi connectivity index (χ0v) is 12.3. The van der Waals surface area contributed by atoms with E-state index in [0.717, 1.165) is 24.3 Å². The van der Waals surface area contributed by atoms with Crippen LogP contribution >= 0.6 is 0 Å². The van der Waals surface area contributed by atoms with Crippen molar-refractivity contribution in [2.75, 3.05) is 20.3 Å². The van der Waals surface area contributed by atoms with Gasteiger partial charge in [0.25, 0.3) is 0 Å². The number of hydrogen-bond acceptors (Lipinski definition) is 3. The van der Waals surface area contributed by atoms with Crippen molar-refractivity contribution >= 4 is 10.9 Å². The Bertz CT molecular complexity index is 530. The van der Waals surface area contributed by atoms with Gasteiger partial charge in [-0.15, -0.1) is 0 Å². The Morgan fingerprint density at radius 1 is 1.45 bits per heavy atom. The number of H-pyrrole nitrogens is 1. The third kappa shape index (κ3) is 3.74. The SMILES string of the molecule is CC1CCCO1.COc1ccc2[nH]cc(CCN)c2c1. The summed E-state index contributed by atoms with van der Waals surface area (Å²) in [6, 6.07) is 6.01. The number of benzene rings is 1. The molecule has 1 fully saturated rings. The van der Waals surface area contributed by atoms with Gasteiger partial charge >= 0.3 is 0 Å². The monoisotopic (exact) mass is 276 g/mol. The number of hydrogen-bond donors (Lipinski definition) is 2. The van der Waals surface area contributed by atoms with Gasteiger partial charge in [0.05, 0.1) is 13.2 Å². The molecule has 110 valence electrons. The molecule has 4 nitrogen and oxygen atoms in total. The molecule has 1 saturated heterocycles. The molecule has 3 rings (SSSR count). The van der Waals surface area contributed by atoms with E-state index in [-0.39, 0.29) is 0 Å². The Morgan fingerprint density at radius 2 is 2.30 bits per heavy atom. The van der Waals surface area contributed by atoms with Crippen LogP contribution in [0.4, 0.5) is 0 Å². The summed E-state index contributed by atoms with van der Waals surface area (Å²) in [5, 5.41) is 1.20. The van der Waals surface area contributed by atoms with Crippen molar-refractivity contribution in [2.24, 2.45) is 5.73 Å². The molecule has 0 aliphatic carbocycles. The highest BCUT2D eigenvalue weighted by Crippen LogP contribution is 2.23. The highest BCUT2D eigenvalue weighted by atomic mass is 16.5. The van der Waals surface area contributed by atoms with E-state index in [4.69, 9.17) is 15.2 Å². The van der Waals surface area contributed by atoms with Crippen molar-refractivity contribution in [2.45, 2.75) is 32.3 Å². The van der Waals surface area contributed by atoms with Gasteiger partial charge in [0.1, 0.15) is 5.75 Å². The summed E-state index contributed by atoms with van der Waals surface area (Å²) in [6.45, 7) is 3.78. The fourth-order valence-corrected chi connectivity index (χ4v) is 2.39. The molecule has 3 N–H and O–H groups in total. The average Bonchev–Trinajstić information content (AvgIpc) is 3.09. The molecule has 1 aliphatic heterocycles. The van der Waals surface area contributed by atoms with Gasteiger partial charge < -0.3 is 20.2 Å². The van der Waals surface area contributed by atoms with E-state index in [0.29, 0.717) is 12.6 Å². The van der Waals surface area contributed by atoms with Gasteiger partial charge in [-0.1, -0.05) is 0 Å². The van der Waals surface area contributed by atoms with Crippen molar-refractivity contribution in [3.63, 3.8) is 0 Å². The van der Waals surface area contributed by atoms with Crippen LogP contribution < -0.4 is 10.5 Å². The Labute approximate surface area is 120 Å². The second kappa shape index (κ2) is 7.31. The molecule has 0 radical (unpaired) electrons. The van der Waals surface area contributed by atoms with Gasteiger partial charge in [-0.25, -0.2) is 0 Å². The predicted octanol–water partition coefficient (Wildman–Crippen LogP) is 2.86. The predicted molar refractivity (Wildman–Crippen MR) is 82.3 cm³/mol. The Hall–Kier alpha value is -1.52. The lowest BCUT2D eigenvalue weighted by Crippen LogP contribution is -2.01. The molecule has 0 amide bonds. The van der Waals surface area contributed by atoms with Crippen LogP contribution in [0.3, 0.4) is 0 Å². The van der Waals surface area contributed by atoms with Crippen molar-refractivity contribution in [1.82, 2.24) is 4.98 Å². The van der Waals surface area contributed by atoms with Gasteiger partial charge in [-0.2, -0.15) is 0 Å². The quantitative estimate of drug-likeness (QED) is 0.906. The number of aromatic nitrogens is 1. The minimum atomic E-state index is 0.546. The van der Waals surface area contributed by atoms with E-state index in [1.54, 1.807) is 7.11 Å². The maximum absolute atomic E-state index is 5.54. The molecule has 0 bridgehead atoms. The standard InChI is InChI=1S/C11H14N2O.C5H10O/c1-14-9-2-3-11-10(6-9)8(4-5-12)7-13-11;1-5-3-2-4-6-5/h2-3,6-7,13H,4-5,12H2,1H3;5H,2-4H2,1H3. The third-order valence-corrected chi connectivity index (χ3v) is 3.55. The normalized spacial score (nSPS) is 17.9. The lowest BCUT2D eigenvalue weighted by atomic mass is 10.1. The second-order valence-electron chi connectivity index (χ2n) is 5.09. The molecule has 2 heterocycles. The Morgan fingerprint density at radius 3 is 2.85 bits per heavy atom. The number of aromatic amines is 1. The molecular formula is C16H24N2O2. The summed E-state index contributed by atoms with van der Waals surface area (Å²) >= 11 is 0. The fraction of sp³-hybridized carbons (Fsp3) is 0.500. The molecule has 2 aromatic rings. The van der Waals surface area contributed by atoms with Crippen LogP contribution in [0, 0.1) is 0 Å². The zero-order valence-electron chi connectivity index (χ0n) is 12.3. The lowest BCUT2D eigenvalue weighted by molar-refractivity contribution is 0.125. The molecule has 1 atom stereocenters. The van der Waals surface area contributed by atoms with E-state index in [2.05, 4.69) is 11.9 Å². The molecule has 1 aromatic carbocycles. The first-order valence-electron chi connectivity index (χ1n) is 7.20. The lowest BCUT2D eigenvalue weighted by Gasteiger charge is -2.00. The largest absolute Gasteiger partial charge is 0.497 e. The van der Waals surface area contributed by atoms with Crippen LogP contribution in [0.1, 0.15) is 25.3 Å². The number of rotatable bonds is 3. The number of fused-ring (bicyclic) bond motifs is 1. The average molecular weight is 276 g/mol. The van der Waals surface area contributed by atoms with Crippen molar-refractivity contribution in [3.8, 4) is 5.75 Å². The van der Waals surface area contributed by atoms with Gasteiger partial charge in [-0.05, 0) is 56.5 Å². The first-order valence-corrected chi connectivity index (χ1v) is 7.20. The molecule has 0 spiro atoms. The topological polar surface area (TPSA) is 60.3 Å². The maximum Gasteiger partial charge on any atom is 0.119 e. The number of nitrogens with two attached hydrogens (primary N) is 1. The maximum atomic E-state index is 5.54. The van der Waals surface area contributed by atoms with Crippen LogP contribution in [-0.2, 0) is 11.2 Å². The summed E-state index contributed by atoms with van der Waals surface area (Å²) in [5.74, 6) is 0.885. The van der Waals surface area contributed by atoms with E-state index in [9.17, 15) is 0 Å². The molecule has 0 saturated carbocycles. The summed E-state index contributed by atoms with van der Waals surface area (Å²) in [4.78, 5) is 3.21. The van der Waals surface area contributed by atoms with Crippen LogP contribution in [0.5, 0.6) is 5.75 Å². The summed E-state index contributed by atoms with van der Waals surface area (Å²) in [5.41, 5.74) is 7.92. The fourth-order valence-electron chi connectivity index (χ4n) is 2.39. The van der Waals surface area contributed by atoms with Gasteiger partial charge in [0.15, 0.2) is 0 Å². The smallest absolute Gasteiger partial charge is 0.119 e. The van der Waals surface area contributed by atoms with E-state index in [1.165, 1.54) is 23.8 Å². The highest BCUT2D eigenvalue weighted by Gasteiger charge is 2.07. The minimum absolute atomic E-state index is 0.546. The molecule has 1 aromatic heterocycles. The van der Waals surface area contributed by atoms with Crippen molar-refractivity contribution in [1.29, 1.82) is 0 Å². The van der Waals surface area contributed by atoms with Crippen LogP contribution in [0.15, 0.2) is 24.4 Å². The Kier molecular flexibility index (Phi) is 5.44. The molecule has 1 unspecified atom stereocenters. The second-order valence-corrected chi connectivity index (χ2v) is 5.09. The van der Waals surface area contributed by atoms with E-state index in [1.807, 2.05) is 24.4 Å². The highest BCUT2D eigenvalue weighted by molar-refractivity contribution is 5.84. The Balaban J connectivity index is 0.000000205. The molecular weight excluding hydrogens is 252 g/mol. The first-order chi connectivity index (χ1) is 9.74. The zero-order chi connectivity index (χ0) is 14.4. The third-order valence-electron chi connectivity index (χ3n) is 3.55. The van der Waals surface area contributed by atoms with Crippen molar-refractivity contribution < 1.29 is 9.47 Å². The number of ether oxygens (including phenoxy) is 2.